The highest BCUT2D eigenvalue weighted by Gasteiger charge is 2.38. The second-order valence-electron chi connectivity index (χ2n) is 6.78. The van der Waals surface area contributed by atoms with Gasteiger partial charge in [0.25, 0.3) is 0 Å². The molecule has 0 atom stereocenters. The largest absolute Gasteiger partial charge is 0.393 e. The number of hydrogen-bond donors (Lipinski definition) is 2. The van der Waals surface area contributed by atoms with Gasteiger partial charge in [0.1, 0.15) is 0 Å². The van der Waals surface area contributed by atoms with Gasteiger partial charge in [0.15, 0.2) is 0 Å². The van der Waals surface area contributed by atoms with E-state index < -0.39 is 0 Å². The Labute approximate surface area is 132 Å². The Morgan fingerprint density at radius 2 is 1.91 bits per heavy atom. The van der Waals surface area contributed by atoms with Crippen LogP contribution in [0, 0.1) is 0 Å². The summed E-state index contributed by atoms with van der Waals surface area (Å²) < 4.78 is 0. The Balaban J connectivity index is 1.50. The van der Waals surface area contributed by atoms with Crippen molar-refractivity contribution in [2.45, 2.75) is 43.6 Å². The first-order chi connectivity index (χ1) is 10.7. The van der Waals surface area contributed by atoms with Crippen LogP contribution < -0.4 is 5.32 Å². The molecule has 22 heavy (non-hydrogen) atoms. The number of carbonyl (C=O) groups is 1. The van der Waals surface area contributed by atoms with Crippen LogP contribution in [-0.2, 0) is 10.2 Å². The third-order valence-electron chi connectivity index (χ3n) is 5.25. The second-order valence-corrected chi connectivity index (χ2v) is 6.78. The van der Waals surface area contributed by atoms with E-state index in [0.29, 0.717) is 6.54 Å². The number of aliphatic hydroxyl groups is 1. The molecule has 2 fully saturated rings. The molecular weight excluding hydrogens is 276 g/mol. The van der Waals surface area contributed by atoms with Gasteiger partial charge in [-0.05, 0) is 31.2 Å². The maximum Gasteiger partial charge on any atom is 0.234 e. The molecule has 1 aromatic rings. The molecule has 120 valence electrons. The van der Waals surface area contributed by atoms with Crippen molar-refractivity contribution in [3.05, 3.63) is 35.9 Å². The van der Waals surface area contributed by atoms with Gasteiger partial charge < -0.3 is 10.4 Å². The van der Waals surface area contributed by atoms with Crippen molar-refractivity contribution in [1.29, 1.82) is 0 Å². The van der Waals surface area contributed by atoms with Gasteiger partial charge in [0, 0.05) is 25.0 Å². The summed E-state index contributed by atoms with van der Waals surface area (Å²) in [6.45, 7) is 2.83. The van der Waals surface area contributed by atoms with E-state index in [2.05, 4.69) is 34.5 Å². The van der Waals surface area contributed by atoms with Crippen LogP contribution in [0.3, 0.4) is 0 Å². The minimum absolute atomic E-state index is 0.110. The van der Waals surface area contributed by atoms with E-state index in [1.807, 2.05) is 6.07 Å². The highest BCUT2D eigenvalue weighted by molar-refractivity contribution is 5.78. The van der Waals surface area contributed by atoms with Crippen molar-refractivity contribution in [1.82, 2.24) is 10.2 Å². The standard InChI is InChI=1S/C18H26N2O2/c21-16-7-11-20(12-8-16)13-17(22)19-14-18(9-4-10-18)15-5-2-1-3-6-15/h1-3,5-6,16,21H,4,7-14H2,(H,19,22). The summed E-state index contributed by atoms with van der Waals surface area (Å²) in [6, 6.07) is 10.6. The lowest BCUT2D eigenvalue weighted by atomic mass is 9.64. The van der Waals surface area contributed by atoms with Gasteiger partial charge in [-0.2, -0.15) is 0 Å². The highest BCUT2D eigenvalue weighted by Crippen LogP contribution is 2.43. The number of nitrogens with one attached hydrogen (secondary N) is 1. The molecule has 0 spiro atoms. The van der Waals surface area contributed by atoms with E-state index in [1.165, 1.54) is 12.0 Å². The lowest BCUT2D eigenvalue weighted by Gasteiger charge is -2.42. The third-order valence-corrected chi connectivity index (χ3v) is 5.25. The molecule has 2 aliphatic rings. The number of amides is 1. The number of aliphatic hydroxyl groups excluding tert-OH is 1. The third kappa shape index (κ3) is 3.50. The lowest BCUT2D eigenvalue weighted by Crippen LogP contribution is -2.48. The van der Waals surface area contributed by atoms with Crippen LogP contribution in [0.2, 0.25) is 0 Å². The maximum absolute atomic E-state index is 12.2. The Morgan fingerprint density at radius 1 is 1.23 bits per heavy atom. The van der Waals surface area contributed by atoms with Gasteiger partial charge in [-0.15, -0.1) is 0 Å². The van der Waals surface area contributed by atoms with Gasteiger partial charge in [-0.3, -0.25) is 9.69 Å². The van der Waals surface area contributed by atoms with Crippen molar-refractivity contribution >= 4 is 5.91 Å². The minimum atomic E-state index is -0.185. The number of benzene rings is 1. The van der Waals surface area contributed by atoms with Crippen molar-refractivity contribution in [3.8, 4) is 0 Å². The van der Waals surface area contributed by atoms with Crippen molar-refractivity contribution in [2.24, 2.45) is 0 Å². The zero-order chi connectivity index (χ0) is 15.4. The first-order valence-electron chi connectivity index (χ1n) is 8.41. The van der Waals surface area contributed by atoms with Crippen LogP contribution >= 0.6 is 0 Å². The molecule has 0 radical (unpaired) electrons. The SMILES string of the molecule is O=C(CN1CCC(O)CC1)NCC1(c2ccccc2)CCC1. The van der Waals surface area contributed by atoms with Crippen LogP contribution in [0.25, 0.3) is 0 Å². The Hall–Kier alpha value is -1.39. The predicted molar refractivity (Wildman–Crippen MR) is 86.7 cm³/mol. The van der Waals surface area contributed by atoms with Gasteiger partial charge in [-0.1, -0.05) is 36.8 Å². The fraction of sp³-hybridized carbons (Fsp3) is 0.611. The molecule has 2 N–H and O–H groups in total. The fourth-order valence-corrected chi connectivity index (χ4v) is 3.57. The van der Waals surface area contributed by atoms with Crippen LogP contribution in [0.5, 0.6) is 0 Å². The lowest BCUT2D eigenvalue weighted by molar-refractivity contribution is -0.123. The van der Waals surface area contributed by atoms with Gasteiger partial charge >= 0.3 is 0 Å². The van der Waals surface area contributed by atoms with Crippen LogP contribution in [0.1, 0.15) is 37.7 Å². The van der Waals surface area contributed by atoms with E-state index in [0.717, 1.165) is 45.3 Å². The van der Waals surface area contributed by atoms with Crippen molar-refractivity contribution < 1.29 is 9.90 Å². The van der Waals surface area contributed by atoms with Gasteiger partial charge in [0.2, 0.25) is 5.91 Å². The first kappa shape index (κ1) is 15.5. The molecule has 1 heterocycles. The van der Waals surface area contributed by atoms with E-state index in [-0.39, 0.29) is 17.4 Å². The number of nitrogens with zero attached hydrogens (tertiary/aromatic N) is 1. The Morgan fingerprint density at radius 3 is 2.50 bits per heavy atom. The zero-order valence-electron chi connectivity index (χ0n) is 13.1. The first-order valence-corrected chi connectivity index (χ1v) is 8.41. The molecule has 3 rings (SSSR count). The Kier molecular flexibility index (Phi) is 4.79. The quantitative estimate of drug-likeness (QED) is 0.870. The van der Waals surface area contributed by atoms with Gasteiger partial charge in [-0.25, -0.2) is 0 Å². The number of rotatable bonds is 5. The number of carbonyl (C=O) groups excluding carboxylic acids is 1. The topological polar surface area (TPSA) is 52.6 Å². The second kappa shape index (κ2) is 6.80. The molecule has 0 unspecified atom stereocenters. The molecule has 1 amide bonds. The summed E-state index contributed by atoms with van der Waals surface area (Å²) in [5.41, 5.74) is 1.50. The molecular formula is C18H26N2O2. The van der Waals surface area contributed by atoms with E-state index in [9.17, 15) is 9.90 Å². The maximum atomic E-state index is 12.2. The minimum Gasteiger partial charge on any atom is -0.393 e. The van der Waals surface area contributed by atoms with Crippen LogP contribution in [0.15, 0.2) is 30.3 Å². The van der Waals surface area contributed by atoms with Gasteiger partial charge in [0.05, 0.1) is 12.6 Å². The van der Waals surface area contributed by atoms with Crippen LogP contribution in [-0.4, -0.2) is 48.2 Å². The molecule has 0 aromatic heterocycles. The average molecular weight is 302 g/mol. The number of hydrogen-bond acceptors (Lipinski definition) is 3. The van der Waals surface area contributed by atoms with Crippen molar-refractivity contribution in [2.75, 3.05) is 26.2 Å². The molecule has 1 aromatic carbocycles. The fourth-order valence-electron chi connectivity index (χ4n) is 3.57. The number of piperidine rings is 1. The zero-order valence-corrected chi connectivity index (χ0v) is 13.1. The summed E-state index contributed by atoms with van der Waals surface area (Å²) in [4.78, 5) is 14.3. The molecule has 1 aliphatic heterocycles. The smallest absolute Gasteiger partial charge is 0.234 e. The molecule has 1 saturated carbocycles. The summed E-state index contributed by atoms with van der Waals surface area (Å²) in [5, 5.41) is 12.6. The highest BCUT2D eigenvalue weighted by atomic mass is 16.3. The molecule has 1 saturated heterocycles. The predicted octanol–water partition coefficient (Wildman–Crippen LogP) is 1.68. The Bertz CT molecular complexity index is 491. The monoisotopic (exact) mass is 302 g/mol. The van der Waals surface area contributed by atoms with E-state index >= 15 is 0 Å². The van der Waals surface area contributed by atoms with Crippen LogP contribution in [0.4, 0.5) is 0 Å². The summed E-state index contributed by atoms with van der Waals surface area (Å²) >= 11 is 0. The summed E-state index contributed by atoms with van der Waals surface area (Å²) in [5.74, 6) is 0.110. The molecule has 0 bridgehead atoms. The number of likely N-dealkylation sites (tertiary alicyclic amines) is 1. The van der Waals surface area contributed by atoms with E-state index in [4.69, 9.17) is 0 Å². The summed E-state index contributed by atoms with van der Waals surface area (Å²) in [7, 11) is 0. The average Bonchev–Trinajstić information content (AvgIpc) is 2.50. The molecule has 4 nitrogen and oxygen atoms in total. The summed E-state index contributed by atoms with van der Waals surface area (Å²) in [6.07, 6.45) is 4.94. The normalized spacial score (nSPS) is 22.0. The molecule has 1 aliphatic carbocycles. The van der Waals surface area contributed by atoms with E-state index in [1.54, 1.807) is 0 Å². The van der Waals surface area contributed by atoms with Crippen molar-refractivity contribution in [3.63, 3.8) is 0 Å². The molecule has 4 heteroatoms.